The van der Waals surface area contributed by atoms with Crippen molar-refractivity contribution in [2.75, 3.05) is 6.54 Å². The van der Waals surface area contributed by atoms with Crippen molar-refractivity contribution < 1.29 is 27.8 Å². The van der Waals surface area contributed by atoms with Gasteiger partial charge in [-0.3, -0.25) is 4.79 Å². The number of hydrogen-bond acceptors (Lipinski definition) is 3. The minimum Gasteiger partial charge on any atom is -0.393 e. The van der Waals surface area contributed by atoms with E-state index in [0.717, 1.165) is 43.7 Å². The molecular formula is C34H46F3NO3. The van der Waals surface area contributed by atoms with Crippen molar-refractivity contribution in [3.63, 3.8) is 0 Å². The fraction of sp³-hybridized carbons (Fsp3) is 0.794. The molecule has 7 heteroatoms. The maximum Gasteiger partial charge on any atom is 0.219 e. The number of rotatable bonds is 4. The molecule has 0 aromatic heterocycles. The third-order valence-corrected chi connectivity index (χ3v) is 13.9. The molecule has 1 heterocycles. The first-order valence-corrected chi connectivity index (χ1v) is 16.0. The molecule has 1 N–H and O–H groups in total. The molecule has 1 aromatic carbocycles. The van der Waals surface area contributed by atoms with Gasteiger partial charge in [-0.2, -0.15) is 0 Å². The van der Waals surface area contributed by atoms with Crippen molar-refractivity contribution in [3.8, 4) is 0 Å². The predicted octanol–water partition coefficient (Wildman–Crippen LogP) is 7.02. The van der Waals surface area contributed by atoms with E-state index in [1.165, 1.54) is 45.4 Å². The number of ether oxygens (including phenoxy) is 1. The van der Waals surface area contributed by atoms with Crippen LogP contribution in [-0.4, -0.2) is 40.8 Å². The maximum absolute atomic E-state index is 13.8. The molecule has 5 saturated carbocycles. The summed E-state index contributed by atoms with van der Waals surface area (Å²) in [4.78, 5) is 14.1. The van der Waals surface area contributed by atoms with Gasteiger partial charge in [0.2, 0.25) is 5.91 Å². The fourth-order valence-corrected chi connectivity index (χ4v) is 11.9. The highest BCUT2D eigenvalue weighted by molar-refractivity contribution is 5.73. The van der Waals surface area contributed by atoms with Crippen LogP contribution in [0.5, 0.6) is 0 Å². The second kappa shape index (κ2) is 9.20. The van der Waals surface area contributed by atoms with Crippen LogP contribution in [0.1, 0.15) is 97.5 Å². The van der Waals surface area contributed by atoms with E-state index in [4.69, 9.17) is 4.74 Å². The van der Waals surface area contributed by atoms with Gasteiger partial charge in [-0.25, -0.2) is 13.2 Å². The number of carbonyl (C=O) groups is 1. The van der Waals surface area contributed by atoms with Crippen LogP contribution in [0.2, 0.25) is 0 Å². The first-order chi connectivity index (χ1) is 19.3. The molecule has 6 aliphatic rings. The van der Waals surface area contributed by atoms with Crippen LogP contribution in [0.15, 0.2) is 12.1 Å². The summed E-state index contributed by atoms with van der Waals surface area (Å²) in [6.07, 6.45) is 11.5. The van der Waals surface area contributed by atoms with Gasteiger partial charge in [0, 0.05) is 20.0 Å². The lowest BCUT2D eigenvalue weighted by atomic mass is 9.46. The number of hydrogen-bond donors (Lipinski definition) is 1. The number of fused-ring (bicyclic) bond motifs is 4. The second-order valence-corrected chi connectivity index (χ2v) is 15.7. The van der Waals surface area contributed by atoms with E-state index in [9.17, 15) is 23.1 Å². The summed E-state index contributed by atoms with van der Waals surface area (Å²) in [7, 11) is 0. The van der Waals surface area contributed by atoms with Crippen molar-refractivity contribution in [2.24, 2.45) is 45.3 Å². The lowest BCUT2D eigenvalue weighted by Gasteiger charge is -2.59. The number of carbonyl (C=O) groups excluding carboxylic acids is 1. The Hall–Kier alpha value is -1.60. The van der Waals surface area contributed by atoms with Crippen LogP contribution >= 0.6 is 0 Å². The summed E-state index contributed by atoms with van der Waals surface area (Å²) in [5.41, 5.74) is 1.41. The molecule has 226 valence electrons. The Morgan fingerprint density at radius 3 is 2.37 bits per heavy atom. The molecule has 8 unspecified atom stereocenters. The SMILES string of the molecule is CC(=O)N(Cc1cc(F)c(F)c(F)c1)CC1CCC2C(CC3C4CCC5C(C)(C)[C@@H](O)CCC56C[C@@]46CCC23C)O1. The molecular weight excluding hydrogens is 527 g/mol. The van der Waals surface area contributed by atoms with Crippen molar-refractivity contribution in [3.05, 3.63) is 35.1 Å². The molecule has 10 atom stereocenters. The minimum absolute atomic E-state index is 0.00149. The Bertz CT molecular complexity index is 1230. The number of aliphatic hydroxyl groups is 1. The number of benzene rings is 1. The summed E-state index contributed by atoms with van der Waals surface area (Å²) >= 11 is 0. The van der Waals surface area contributed by atoms with Crippen molar-refractivity contribution >= 4 is 5.91 Å². The average Bonchev–Trinajstić information content (AvgIpc) is 3.49. The predicted molar refractivity (Wildman–Crippen MR) is 149 cm³/mol. The highest BCUT2D eigenvalue weighted by atomic mass is 19.2. The maximum atomic E-state index is 13.8. The lowest BCUT2D eigenvalue weighted by molar-refractivity contribution is -0.140. The van der Waals surface area contributed by atoms with E-state index in [-0.39, 0.29) is 47.2 Å². The monoisotopic (exact) mass is 573 g/mol. The number of halogens is 3. The minimum atomic E-state index is -1.49. The highest BCUT2D eigenvalue weighted by Crippen LogP contribution is 2.87. The molecule has 1 aromatic rings. The fourth-order valence-electron chi connectivity index (χ4n) is 11.9. The quantitative estimate of drug-likeness (QED) is 0.394. The third kappa shape index (κ3) is 3.89. The molecule has 0 bridgehead atoms. The van der Waals surface area contributed by atoms with Crippen LogP contribution in [0.4, 0.5) is 13.2 Å². The normalized spacial score (nSPS) is 45.5. The molecule has 41 heavy (non-hydrogen) atoms. The zero-order chi connectivity index (χ0) is 29.1. The zero-order valence-electron chi connectivity index (χ0n) is 25.0. The van der Waals surface area contributed by atoms with E-state index in [1.54, 1.807) is 4.90 Å². The first-order valence-electron chi connectivity index (χ1n) is 16.0. The molecule has 0 radical (unpaired) electrons. The van der Waals surface area contributed by atoms with E-state index in [0.29, 0.717) is 35.1 Å². The Labute approximate surface area is 242 Å². The van der Waals surface area contributed by atoms with Crippen molar-refractivity contribution in [1.82, 2.24) is 4.90 Å². The molecule has 7 rings (SSSR count). The Kier molecular flexibility index (Phi) is 6.33. The average molecular weight is 574 g/mol. The third-order valence-electron chi connectivity index (χ3n) is 13.9. The van der Waals surface area contributed by atoms with Gasteiger partial charge in [0.1, 0.15) is 0 Å². The van der Waals surface area contributed by atoms with Gasteiger partial charge in [-0.05, 0) is 127 Å². The van der Waals surface area contributed by atoms with Gasteiger partial charge in [0.05, 0.1) is 18.3 Å². The summed E-state index contributed by atoms with van der Waals surface area (Å²) in [5, 5.41) is 10.9. The van der Waals surface area contributed by atoms with Gasteiger partial charge in [0.25, 0.3) is 0 Å². The van der Waals surface area contributed by atoms with Crippen LogP contribution in [0.25, 0.3) is 0 Å². The van der Waals surface area contributed by atoms with E-state index in [2.05, 4.69) is 20.8 Å². The van der Waals surface area contributed by atoms with Crippen LogP contribution in [0.3, 0.4) is 0 Å². The Balaban J connectivity index is 1.06. The molecule has 1 saturated heterocycles. The number of amides is 1. The van der Waals surface area contributed by atoms with Crippen LogP contribution in [0, 0.1) is 62.8 Å². The van der Waals surface area contributed by atoms with Gasteiger partial charge in [-0.1, -0.05) is 20.8 Å². The van der Waals surface area contributed by atoms with Crippen LogP contribution in [-0.2, 0) is 16.1 Å². The molecule has 1 aliphatic heterocycles. The summed E-state index contributed by atoms with van der Waals surface area (Å²) in [6.45, 7) is 9.02. The zero-order valence-corrected chi connectivity index (χ0v) is 25.0. The molecule has 4 nitrogen and oxygen atoms in total. The Morgan fingerprint density at radius 2 is 1.66 bits per heavy atom. The molecule has 1 amide bonds. The standard InChI is InChI=1S/C34H46F3NO3/c1-19(39)38(16-20-13-25(35)30(37)26(36)14-20)17-21-5-6-23-27(41-21)15-24-22-7-8-28-31(2,3)29(40)9-10-34(28)18-33(22,34)12-11-32(23,24)4/h13-14,21-24,27-29,40H,5-12,15-18H2,1-4H3/t21?,22?,23?,24?,27?,28?,29-,32?,33-,34?/m0/s1. The number of nitrogens with zero attached hydrogens (tertiary/aromatic N) is 1. The summed E-state index contributed by atoms with van der Waals surface area (Å²) in [6, 6.07) is 1.94. The van der Waals surface area contributed by atoms with Gasteiger partial charge < -0.3 is 14.7 Å². The summed E-state index contributed by atoms with van der Waals surface area (Å²) in [5.74, 6) is -1.58. The van der Waals surface area contributed by atoms with Gasteiger partial charge in [-0.15, -0.1) is 0 Å². The second-order valence-electron chi connectivity index (χ2n) is 15.7. The van der Waals surface area contributed by atoms with Gasteiger partial charge in [0.15, 0.2) is 17.5 Å². The molecule has 6 fully saturated rings. The molecule has 2 spiro atoms. The smallest absolute Gasteiger partial charge is 0.219 e. The largest absolute Gasteiger partial charge is 0.393 e. The molecule has 5 aliphatic carbocycles. The van der Waals surface area contributed by atoms with Crippen molar-refractivity contribution in [1.29, 1.82) is 0 Å². The topological polar surface area (TPSA) is 49.8 Å². The Morgan fingerprint density at radius 1 is 0.951 bits per heavy atom. The van der Waals surface area contributed by atoms with E-state index >= 15 is 0 Å². The lowest BCUT2D eigenvalue weighted by Crippen LogP contribution is -2.54. The first kappa shape index (κ1) is 28.2. The van der Waals surface area contributed by atoms with E-state index < -0.39 is 17.5 Å². The summed E-state index contributed by atoms with van der Waals surface area (Å²) < 4.78 is 47.9. The van der Waals surface area contributed by atoms with Crippen molar-refractivity contribution in [2.45, 2.75) is 117 Å². The van der Waals surface area contributed by atoms with Crippen LogP contribution < -0.4 is 0 Å². The number of aliphatic hydroxyl groups excluding tert-OH is 1. The van der Waals surface area contributed by atoms with Gasteiger partial charge >= 0.3 is 0 Å². The van der Waals surface area contributed by atoms with E-state index in [1.807, 2.05) is 0 Å². The highest BCUT2D eigenvalue weighted by Gasteiger charge is 2.80.